The van der Waals surface area contributed by atoms with Crippen molar-refractivity contribution in [1.82, 2.24) is 0 Å². The number of hydrogen-bond acceptors (Lipinski definition) is 3. The van der Waals surface area contributed by atoms with Crippen molar-refractivity contribution in [3.05, 3.63) is 82.9 Å². The van der Waals surface area contributed by atoms with Crippen LogP contribution in [0.3, 0.4) is 0 Å². The molecule has 0 bridgehead atoms. The predicted molar refractivity (Wildman–Crippen MR) is 120 cm³/mol. The Labute approximate surface area is 180 Å². The Bertz CT molecular complexity index is 968. The maximum atomic E-state index is 6.03. The molecule has 0 fully saturated rings. The monoisotopic (exact) mass is 486 g/mol. The molecule has 3 nitrogen and oxygen atoms in total. The van der Waals surface area contributed by atoms with Gasteiger partial charge in [-0.2, -0.15) is 0 Å². The summed E-state index contributed by atoms with van der Waals surface area (Å²) in [6.07, 6.45) is 2.23. The summed E-state index contributed by atoms with van der Waals surface area (Å²) in [4.78, 5) is 0. The topological polar surface area (TPSA) is 27.7 Å². The fourth-order valence-electron chi connectivity index (χ4n) is 3.59. The molecular weight excluding hydrogens is 463 g/mol. The highest BCUT2D eigenvalue weighted by Crippen LogP contribution is 2.39. The summed E-state index contributed by atoms with van der Waals surface area (Å²) in [5, 5.41) is 0. The fourth-order valence-corrected chi connectivity index (χ4v) is 3.95. The Kier molecular flexibility index (Phi) is 6.17. The molecule has 0 unspecified atom stereocenters. The van der Waals surface area contributed by atoms with E-state index >= 15 is 0 Å². The van der Waals surface area contributed by atoms with Gasteiger partial charge in [0.2, 0.25) is 0 Å². The summed E-state index contributed by atoms with van der Waals surface area (Å²) in [5.74, 6) is 1.85. The molecule has 28 heavy (non-hydrogen) atoms. The molecule has 0 spiro atoms. The average Bonchev–Trinajstić information content (AvgIpc) is 2.72. The molecule has 144 valence electrons. The summed E-state index contributed by atoms with van der Waals surface area (Å²) in [7, 11) is 0. The van der Waals surface area contributed by atoms with Gasteiger partial charge in [-0.05, 0) is 46.9 Å². The van der Waals surface area contributed by atoms with Crippen molar-refractivity contribution in [2.24, 2.45) is 0 Å². The number of ether oxygens (including phenoxy) is 2. The van der Waals surface area contributed by atoms with Crippen LogP contribution < -0.4 is 9.47 Å². The Hall–Kier alpha value is -2.05. The van der Waals surface area contributed by atoms with Crippen molar-refractivity contribution in [3.8, 4) is 22.6 Å². The molecule has 0 atom stereocenters. The first kappa shape index (κ1) is 19.3. The minimum atomic E-state index is 0.533. The number of halogens is 1. The van der Waals surface area contributed by atoms with E-state index in [1.54, 1.807) is 0 Å². The lowest BCUT2D eigenvalue weighted by molar-refractivity contribution is 0.293. The molecule has 0 amide bonds. The lowest BCUT2D eigenvalue weighted by Crippen LogP contribution is -2.06. The van der Waals surface area contributed by atoms with Crippen LogP contribution in [0.25, 0.3) is 11.1 Å². The number of rotatable bonds is 7. The molecule has 4 heteroatoms. The van der Waals surface area contributed by atoms with Crippen molar-refractivity contribution in [3.63, 3.8) is 0 Å². The van der Waals surface area contributed by atoms with Gasteiger partial charge in [0.15, 0.2) is 0 Å². The van der Waals surface area contributed by atoms with Crippen LogP contribution in [0.2, 0.25) is 0 Å². The van der Waals surface area contributed by atoms with Gasteiger partial charge in [0.25, 0.3) is 0 Å². The fraction of sp³-hybridized carbons (Fsp3) is 0.250. The predicted octanol–water partition coefficient (Wildman–Crippen LogP) is 6.64. The Morgan fingerprint density at radius 3 is 2.54 bits per heavy atom. The van der Waals surface area contributed by atoms with E-state index < -0.39 is 0 Å². The first-order chi connectivity index (χ1) is 13.8. The smallest absolute Gasteiger partial charge is 0.127 e. The summed E-state index contributed by atoms with van der Waals surface area (Å²) in [6.45, 7) is 3.91. The standard InChI is InChI=1S/C24H23IO3/c1-2-4-17-7-9-23-22-10-8-21(13-20(22)16-27-24(23)12-17)26-14-18-5-3-6-19(11-18)15-28-25/h3,5-13H,2,4,14-16H2,1H3. The zero-order valence-electron chi connectivity index (χ0n) is 15.9. The van der Waals surface area contributed by atoms with Gasteiger partial charge in [-0.1, -0.05) is 55.8 Å². The van der Waals surface area contributed by atoms with Crippen molar-refractivity contribution in [2.75, 3.05) is 0 Å². The second-order valence-electron chi connectivity index (χ2n) is 7.05. The van der Waals surface area contributed by atoms with Crippen LogP contribution in [0.15, 0.2) is 60.7 Å². The van der Waals surface area contributed by atoms with E-state index in [-0.39, 0.29) is 0 Å². The first-order valence-electron chi connectivity index (χ1n) is 9.60. The van der Waals surface area contributed by atoms with Crippen LogP contribution in [0.1, 0.15) is 35.6 Å². The van der Waals surface area contributed by atoms with Crippen LogP contribution in [0, 0.1) is 0 Å². The summed E-state index contributed by atoms with van der Waals surface area (Å²) < 4.78 is 17.2. The summed E-state index contributed by atoms with van der Waals surface area (Å²) in [5.41, 5.74) is 7.18. The Morgan fingerprint density at radius 1 is 0.893 bits per heavy atom. The van der Waals surface area contributed by atoms with Crippen LogP contribution in [0.5, 0.6) is 11.5 Å². The van der Waals surface area contributed by atoms with Gasteiger partial charge in [0.1, 0.15) is 47.7 Å². The van der Waals surface area contributed by atoms with E-state index in [0.29, 0.717) is 19.8 Å². The van der Waals surface area contributed by atoms with Gasteiger partial charge in [0.05, 0.1) is 6.61 Å². The van der Waals surface area contributed by atoms with E-state index in [9.17, 15) is 0 Å². The van der Waals surface area contributed by atoms with Crippen LogP contribution in [-0.2, 0) is 29.3 Å². The molecule has 1 heterocycles. The van der Waals surface area contributed by atoms with Gasteiger partial charge < -0.3 is 12.5 Å². The van der Waals surface area contributed by atoms with E-state index in [0.717, 1.165) is 35.5 Å². The molecule has 4 rings (SSSR count). The molecule has 0 radical (unpaired) electrons. The van der Waals surface area contributed by atoms with Gasteiger partial charge in [-0.3, -0.25) is 0 Å². The Balaban J connectivity index is 1.50. The molecule has 3 aromatic rings. The molecule has 1 aliphatic rings. The van der Waals surface area contributed by atoms with Crippen LogP contribution in [-0.4, -0.2) is 0 Å². The third-order valence-electron chi connectivity index (χ3n) is 4.95. The third-order valence-corrected chi connectivity index (χ3v) is 5.26. The van der Waals surface area contributed by atoms with E-state index in [4.69, 9.17) is 12.5 Å². The normalized spacial score (nSPS) is 12.1. The molecular formula is C24H23IO3. The van der Waals surface area contributed by atoms with Crippen molar-refractivity contribution >= 4 is 23.0 Å². The number of aryl methyl sites for hydroxylation is 1. The van der Waals surface area contributed by atoms with E-state index in [2.05, 4.69) is 55.5 Å². The highest BCUT2D eigenvalue weighted by atomic mass is 127. The highest BCUT2D eigenvalue weighted by Gasteiger charge is 2.18. The van der Waals surface area contributed by atoms with Crippen molar-refractivity contribution in [1.29, 1.82) is 0 Å². The maximum absolute atomic E-state index is 6.03. The molecule has 0 aromatic heterocycles. The van der Waals surface area contributed by atoms with E-state index in [1.807, 2.05) is 35.1 Å². The highest BCUT2D eigenvalue weighted by molar-refractivity contribution is 14.1. The molecule has 0 saturated carbocycles. The van der Waals surface area contributed by atoms with Crippen molar-refractivity contribution < 1.29 is 12.5 Å². The second kappa shape index (κ2) is 8.97. The molecule has 3 aromatic carbocycles. The van der Waals surface area contributed by atoms with Crippen LogP contribution >= 0.6 is 23.0 Å². The molecule has 0 saturated heterocycles. The maximum Gasteiger partial charge on any atom is 0.127 e. The van der Waals surface area contributed by atoms with Crippen LogP contribution in [0.4, 0.5) is 0 Å². The zero-order valence-corrected chi connectivity index (χ0v) is 18.1. The summed E-state index contributed by atoms with van der Waals surface area (Å²) >= 11 is 1.92. The minimum Gasteiger partial charge on any atom is -0.489 e. The summed E-state index contributed by atoms with van der Waals surface area (Å²) in [6, 6.07) is 21.1. The minimum absolute atomic E-state index is 0.533. The van der Waals surface area contributed by atoms with Gasteiger partial charge in [-0.25, -0.2) is 0 Å². The molecule has 0 N–H and O–H groups in total. The molecule has 0 aliphatic carbocycles. The van der Waals surface area contributed by atoms with E-state index in [1.165, 1.54) is 22.3 Å². The number of fused-ring (bicyclic) bond motifs is 3. The lowest BCUT2D eigenvalue weighted by Gasteiger charge is -2.22. The number of hydrogen-bond donors (Lipinski definition) is 0. The third kappa shape index (κ3) is 4.33. The van der Waals surface area contributed by atoms with Gasteiger partial charge >= 0.3 is 0 Å². The Morgan fingerprint density at radius 2 is 1.71 bits per heavy atom. The zero-order chi connectivity index (χ0) is 19.3. The lowest BCUT2D eigenvalue weighted by atomic mass is 9.95. The quantitative estimate of drug-likeness (QED) is 0.351. The SMILES string of the molecule is CCCc1ccc2c(c1)OCc1cc(OCc3cccc(COI)c3)ccc1-2. The van der Waals surface area contributed by atoms with Gasteiger partial charge in [0, 0.05) is 11.1 Å². The average molecular weight is 486 g/mol. The number of benzene rings is 3. The largest absolute Gasteiger partial charge is 0.489 e. The second-order valence-corrected chi connectivity index (χ2v) is 7.67. The first-order valence-corrected chi connectivity index (χ1v) is 10.5. The van der Waals surface area contributed by atoms with Crippen molar-refractivity contribution in [2.45, 2.75) is 39.6 Å². The van der Waals surface area contributed by atoms with Gasteiger partial charge in [-0.15, -0.1) is 0 Å². The molecule has 1 aliphatic heterocycles.